The van der Waals surface area contributed by atoms with Crippen LogP contribution in [-0.2, 0) is 0 Å². The summed E-state index contributed by atoms with van der Waals surface area (Å²) in [6.45, 7) is 31.0. The summed E-state index contributed by atoms with van der Waals surface area (Å²) in [5, 5.41) is 1.80. The van der Waals surface area contributed by atoms with Crippen molar-refractivity contribution in [1.82, 2.24) is 0 Å². The Morgan fingerprint density at radius 3 is 1.20 bits per heavy atom. The van der Waals surface area contributed by atoms with E-state index in [1.54, 1.807) is 9.81 Å². The maximum absolute atomic E-state index is 2.93. The van der Waals surface area contributed by atoms with Gasteiger partial charge in [-0.3, -0.25) is 0 Å². The molecule has 6 rings (SSSR count). The fourth-order valence-electron chi connectivity index (χ4n) is 13.1. The summed E-state index contributed by atoms with van der Waals surface area (Å²) in [6.07, 6.45) is 17.6. The molecule has 2 heterocycles. The molecule has 4 fully saturated rings. The third kappa shape index (κ3) is 6.32. The van der Waals surface area contributed by atoms with Crippen molar-refractivity contribution in [1.29, 1.82) is 0 Å². The van der Waals surface area contributed by atoms with Crippen molar-refractivity contribution in [2.75, 3.05) is 0 Å². The van der Waals surface area contributed by atoms with Gasteiger partial charge in [-0.25, -0.2) is 0 Å². The molecule has 4 aliphatic carbocycles. The first kappa shape index (κ1) is 35.2. The molecule has 2 aliphatic heterocycles. The zero-order valence-corrected chi connectivity index (χ0v) is 34.4. The molecule has 0 aromatic heterocycles. The van der Waals surface area contributed by atoms with E-state index in [1.165, 1.54) is 77.0 Å². The van der Waals surface area contributed by atoms with Crippen LogP contribution < -0.4 is 0 Å². The van der Waals surface area contributed by atoms with E-state index in [4.69, 9.17) is 0 Å². The van der Waals surface area contributed by atoms with Crippen LogP contribution in [0.1, 0.15) is 146 Å². The molecule has 6 aliphatic rings. The first-order valence-corrected chi connectivity index (χ1v) is 24.7. The van der Waals surface area contributed by atoms with Crippen molar-refractivity contribution >= 4 is 31.6 Å². The molecule has 0 amide bonds. The van der Waals surface area contributed by atoms with Crippen molar-refractivity contribution < 1.29 is 0 Å². The molecule has 0 nitrogen and oxygen atoms in total. The van der Waals surface area contributed by atoms with Crippen molar-refractivity contribution in [2.24, 2.45) is 58.2 Å². The summed E-state index contributed by atoms with van der Waals surface area (Å²) < 4.78 is 0. The SMILES string of the molecule is CCC1CC2C(C3CCC(C(C)(C)C)CC3)=C(C)SC2C1[Si](C)(C)C1C(CC)CC2C(C3CCC(C(C)(C)C)CC3)=C(C)SC21. The second-order valence-corrected chi connectivity index (χ2v) is 27.7. The lowest BCUT2D eigenvalue weighted by molar-refractivity contribution is 0.156. The number of hydrogen-bond acceptors (Lipinski definition) is 2. The van der Waals surface area contributed by atoms with Crippen LogP contribution in [-0.4, -0.2) is 18.6 Å². The lowest BCUT2D eigenvalue weighted by Gasteiger charge is -2.45. The first-order chi connectivity index (χ1) is 21.1. The van der Waals surface area contributed by atoms with Crippen LogP contribution in [0.3, 0.4) is 0 Å². The molecule has 45 heavy (non-hydrogen) atoms. The van der Waals surface area contributed by atoms with E-state index in [-0.39, 0.29) is 0 Å². The molecule has 0 aromatic rings. The second-order valence-electron chi connectivity index (χ2n) is 19.9. The zero-order chi connectivity index (χ0) is 32.6. The number of thioether (sulfide) groups is 2. The Bertz CT molecular complexity index is 1040. The Morgan fingerprint density at radius 2 is 0.911 bits per heavy atom. The highest BCUT2D eigenvalue weighted by Gasteiger charge is 2.62. The van der Waals surface area contributed by atoms with Gasteiger partial charge in [-0.1, -0.05) is 92.5 Å². The molecule has 0 N–H and O–H groups in total. The van der Waals surface area contributed by atoms with E-state index in [1.807, 2.05) is 11.1 Å². The van der Waals surface area contributed by atoms with E-state index in [0.717, 1.165) is 68.9 Å². The van der Waals surface area contributed by atoms with Crippen LogP contribution in [0.25, 0.3) is 0 Å². The van der Waals surface area contributed by atoms with Crippen molar-refractivity contribution in [3.05, 3.63) is 21.0 Å². The number of allylic oxidation sites excluding steroid dienone is 4. The summed E-state index contributed by atoms with van der Waals surface area (Å²) in [5.74, 6) is 7.35. The standard InChI is InChI=1S/C42H72S2Si/c1-13-27-23-33-35(29-15-19-31(20-16-29)41(5,6)7)25(3)43-37(33)39(27)45(11,12)40-28(14-2)24-34-36(26(4)44-38(34)40)30-17-21-32(22-18-30)42(8,9)10/h27-34,37-40H,13-24H2,1-12H3. The maximum atomic E-state index is 2.93. The molecule has 3 heteroatoms. The summed E-state index contributed by atoms with van der Waals surface area (Å²) in [7, 11) is -1.56. The number of fused-ring (bicyclic) bond motifs is 2. The van der Waals surface area contributed by atoms with Gasteiger partial charge in [-0.15, -0.1) is 23.5 Å². The minimum Gasteiger partial charge on any atom is -0.127 e. The fourth-order valence-corrected chi connectivity index (χ4v) is 24.7. The van der Waals surface area contributed by atoms with Crippen molar-refractivity contribution in [3.63, 3.8) is 0 Å². The highest BCUT2D eigenvalue weighted by molar-refractivity contribution is 8.04. The van der Waals surface area contributed by atoms with Gasteiger partial charge < -0.3 is 0 Å². The van der Waals surface area contributed by atoms with Gasteiger partial charge >= 0.3 is 0 Å². The smallest absolute Gasteiger partial charge is 0.0564 e. The molecule has 0 aromatic carbocycles. The molecular formula is C42H72S2Si. The van der Waals surface area contributed by atoms with E-state index in [9.17, 15) is 0 Å². The van der Waals surface area contributed by atoms with E-state index < -0.39 is 8.07 Å². The molecule has 256 valence electrons. The minimum atomic E-state index is -1.56. The Morgan fingerprint density at radius 1 is 0.578 bits per heavy atom. The highest BCUT2D eigenvalue weighted by Crippen LogP contribution is 2.70. The molecule has 8 atom stereocenters. The summed E-state index contributed by atoms with van der Waals surface area (Å²) in [5.41, 5.74) is 6.94. The lowest BCUT2D eigenvalue weighted by Crippen LogP contribution is -2.47. The molecule has 4 saturated carbocycles. The van der Waals surface area contributed by atoms with Gasteiger partial charge in [0.2, 0.25) is 0 Å². The van der Waals surface area contributed by atoms with Crippen LogP contribution in [0, 0.1) is 58.2 Å². The summed E-state index contributed by atoms with van der Waals surface area (Å²) >= 11 is 4.83. The van der Waals surface area contributed by atoms with Gasteiger partial charge in [0, 0.05) is 10.5 Å². The average molecular weight is 669 g/mol. The van der Waals surface area contributed by atoms with Gasteiger partial charge in [0.1, 0.15) is 0 Å². The number of rotatable bonds is 6. The van der Waals surface area contributed by atoms with Gasteiger partial charge in [0.05, 0.1) is 8.07 Å². The maximum Gasteiger partial charge on any atom is 0.0564 e. The minimum absolute atomic E-state index is 0.481. The summed E-state index contributed by atoms with van der Waals surface area (Å²) in [4.78, 5) is 3.57. The van der Waals surface area contributed by atoms with Crippen LogP contribution in [0.5, 0.6) is 0 Å². The largest absolute Gasteiger partial charge is 0.127 e. The Hall–Kier alpha value is 0.397. The van der Waals surface area contributed by atoms with Crippen LogP contribution in [0.15, 0.2) is 21.0 Å². The Balaban J connectivity index is 1.20. The van der Waals surface area contributed by atoms with E-state index >= 15 is 0 Å². The Kier molecular flexibility index (Phi) is 10.1. The quantitative estimate of drug-likeness (QED) is 0.258. The van der Waals surface area contributed by atoms with Crippen LogP contribution in [0.2, 0.25) is 24.2 Å². The van der Waals surface area contributed by atoms with E-state index in [2.05, 4.69) is 106 Å². The zero-order valence-electron chi connectivity index (χ0n) is 31.7. The van der Waals surface area contributed by atoms with Crippen molar-refractivity contribution in [3.8, 4) is 0 Å². The normalized spacial score (nSPS) is 42.9. The van der Waals surface area contributed by atoms with Crippen LogP contribution >= 0.6 is 23.5 Å². The third-order valence-corrected chi connectivity index (χ3v) is 24.0. The third-order valence-electron chi connectivity index (χ3n) is 15.4. The van der Waals surface area contributed by atoms with Gasteiger partial charge in [-0.2, -0.15) is 0 Å². The lowest BCUT2D eigenvalue weighted by atomic mass is 9.67. The first-order valence-electron chi connectivity index (χ1n) is 19.8. The molecular weight excluding hydrogens is 597 g/mol. The van der Waals surface area contributed by atoms with Gasteiger partial charge in [0.25, 0.3) is 0 Å². The predicted molar refractivity (Wildman–Crippen MR) is 207 cm³/mol. The summed E-state index contributed by atoms with van der Waals surface area (Å²) in [6, 6.07) is 0. The monoisotopic (exact) mass is 668 g/mol. The van der Waals surface area contributed by atoms with Crippen LogP contribution in [0.4, 0.5) is 0 Å². The van der Waals surface area contributed by atoms with Crippen molar-refractivity contribution in [2.45, 2.75) is 181 Å². The molecule has 0 saturated heterocycles. The predicted octanol–water partition coefficient (Wildman–Crippen LogP) is 14.0. The molecule has 0 radical (unpaired) electrons. The number of hydrogen-bond donors (Lipinski definition) is 0. The van der Waals surface area contributed by atoms with E-state index in [0.29, 0.717) is 10.8 Å². The van der Waals surface area contributed by atoms with Gasteiger partial charge in [0.15, 0.2) is 0 Å². The molecule has 8 unspecified atom stereocenters. The molecule has 0 bridgehead atoms. The topological polar surface area (TPSA) is 0 Å². The second kappa shape index (κ2) is 12.9. The Labute approximate surface area is 290 Å². The molecule has 0 spiro atoms. The fraction of sp³-hybridized carbons (Fsp3) is 0.905. The highest BCUT2D eigenvalue weighted by atomic mass is 32.2. The average Bonchev–Trinajstić information content (AvgIpc) is 3.68. The van der Waals surface area contributed by atoms with Gasteiger partial charge in [-0.05, 0) is 157 Å².